The molecule has 2 rings (SSSR count). The van der Waals surface area contributed by atoms with Crippen LogP contribution in [0.15, 0.2) is 30.3 Å². The molecule has 0 saturated carbocycles. The van der Waals surface area contributed by atoms with Crippen LogP contribution in [0.3, 0.4) is 0 Å². The van der Waals surface area contributed by atoms with E-state index in [9.17, 15) is 4.79 Å². The zero-order chi connectivity index (χ0) is 13.1. The van der Waals surface area contributed by atoms with Gasteiger partial charge in [-0.25, -0.2) is 0 Å². The standard InChI is InChI=1S/C14H13ClO2S/c1-3-10-5-7-13(18-10)14(16)11-6-4-9(17-2)8-12(11)15/h4-8H,3H2,1-2H3. The molecular weight excluding hydrogens is 268 g/mol. The van der Waals surface area contributed by atoms with Crippen molar-refractivity contribution < 1.29 is 9.53 Å². The molecule has 1 aromatic carbocycles. The minimum absolute atomic E-state index is 0.0349. The summed E-state index contributed by atoms with van der Waals surface area (Å²) in [5.74, 6) is 0.615. The molecule has 0 bridgehead atoms. The summed E-state index contributed by atoms with van der Waals surface area (Å²) in [4.78, 5) is 14.2. The van der Waals surface area contributed by atoms with Crippen LogP contribution in [0, 0.1) is 0 Å². The van der Waals surface area contributed by atoms with Crippen molar-refractivity contribution in [1.29, 1.82) is 0 Å². The monoisotopic (exact) mass is 280 g/mol. The minimum Gasteiger partial charge on any atom is -0.497 e. The van der Waals surface area contributed by atoms with Crippen LogP contribution < -0.4 is 4.74 Å². The Balaban J connectivity index is 2.33. The van der Waals surface area contributed by atoms with Crippen LogP contribution >= 0.6 is 22.9 Å². The summed E-state index contributed by atoms with van der Waals surface area (Å²) in [6.45, 7) is 2.07. The van der Waals surface area contributed by atoms with Crippen LogP contribution in [0.2, 0.25) is 5.02 Å². The number of methoxy groups -OCH3 is 1. The van der Waals surface area contributed by atoms with Crippen molar-refractivity contribution in [2.75, 3.05) is 7.11 Å². The largest absolute Gasteiger partial charge is 0.497 e. The van der Waals surface area contributed by atoms with Crippen molar-refractivity contribution in [2.24, 2.45) is 0 Å². The predicted molar refractivity (Wildman–Crippen MR) is 75.1 cm³/mol. The van der Waals surface area contributed by atoms with Gasteiger partial charge in [-0.3, -0.25) is 4.79 Å². The first kappa shape index (κ1) is 13.1. The molecule has 0 aliphatic heterocycles. The Morgan fingerprint density at radius 1 is 1.33 bits per heavy atom. The number of ether oxygens (including phenoxy) is 1. The van der Waals surface area contributed by atoms with Crippen molar-refractivity contribution in [2.45, 2.75) is 13.3 Å². The fraction of sp³-hybridized carbons (Fsp3) is 0.214. The van der Waals surface area contributed by atoms with Crippen LogP contribution in [0.1, 0.15) is 27.0 Å². The van der Waals surface area contributed by atoms with Crippen molar-refractivity contribution in [3.63, 3.8) is 0 Å². The maximum Gasteiger partial charge on any atom is 0.204 e. The molecule has 94 valence electrons. The molecule has 1 heterocycles. The van der Waals surface area contributed by atoms with E-state index in [-0.39, 0.29) is 5.78 Å². The van der Waals surface area contributed by atoms with Crippen molar-refractivity contribution in [1.82, 2.24) is 0 Å². The SMILES string of the molecule is CCc1ccc(C(=O)c2ccc(OC)cc2Cl)s1. The van der Waals surface area contributed by atoms with Gasteiger partial charge in [0, 0.05) is 10.4 Å². The molecule has 0 amide bonds. The van der Waals surface area contributed by atoms with Gasteiger partial charge in [-0.1, -0.05) is 18.5 Å². The molecule has 0 saturated heterocycles. The zero-order valence-corrected chi connectivity index (χ0v) is 11.8. The second-order valence-electron chi connectivity index (χ2n) is 3.79. The van der Waals surface area contributed by atoms with E-state index in [1.54, 1.807) is 25.3 Å². The highest BCUT2D eigenvalue weighted by molar-refractivity contribution is 7.14. The number of halogens is 1. The van der Waals surface area contributed by atoms with Gasteiger partial charge >= 0.3 is 0 Å². The summed E-state index contributed by atoms with van der Waals surface area (Å²) < 4.78 is 5.06. The van der Waals surface area contributed by atoms with E-state index in [4.69, 9.17) is 16.3 Å². The van der Waals surface area contributed by atoms with Gasteiger partial charge < -0.3 is 4.74 Å². The van der Waals surface area contributed by atoms with Crippen molar-refractivity contribution in [3.05, 3.63) is 50.7 Å². The molecule has 0 atom stereocenters. The first-order valence-electron chi connectivity index (χ1n) is 5.62. The third-order valence-corrected chi connectivity index (χ3v) is 4.20. The molecule has 0 radical (unpaired) electrons. The number of hydrogen-bond acceptors (Lipinski definition) is 3. The third-order valence-electron chi connectivity index (χ3n) is 2.65. The number of carbonyl (C=O) groups excluding carboxylic acids is 1. The molecule has 4 heteroatoms. The predicted octanol–water partition coefficient (Wildman–Crippen LogP) is 4.20. The molecule has 2 nitrogen and oxygen atoms in total. The highest BCUT2D eigenvalue weighted by atomic mass is 35.5. The van der Waals surface area contributed by atoms with Crippen molar-refractivity contribution >= 4 is 28.7 Å². The summed E-state index contributed by atoms with van der Waals surface area (Å²) in [5, 5.41) is 0.422. The summed E-state index contributed by atoms with van der Waals surface area (Å²) in [6, 6.07) is 8.94. The number of benzene rings is 1. The van der Waals surface area contributed by atoms with Crippen molar-refractivity contribution in [3.8, 4) is 5.75 Å². The Bertz CT molecular complexity index is 575. The van der Waals surface area contributed by atoms with Crippen LogP contribution in [-0.4, -0.2) is 12.9 Å². The van der Waals surface area contributed by atoms with Gasteiger partial charge in [0.05, 0.1) is 17.0 Å². The minimum atomic E-state index is -0.0349. The number of thiophene rings is 1. The highest BCUT2D eigenvalue weighted by Crippen LogP contribution is 2.27. The third kappa shape index (κ3) is 2.57. The van der Waals surface area contributed by atoms with Gasteiger partial charge in [-0.2, -0.15) is 0 Å². The summed E-state index contributed by atoms with van der Waals surface area (Å²) in [7, 11) is 1.57. The van der Waals surface area contributed by atoms with E-state index in [0.29, 0.717) is 16.3 Å². The fourth-order valence-electron chi connectivity index (χ4n) is 1.63. The average molecular weight is 281 g/mol. The number of rotatable bonds is 4. The van der Waals surface area contributed by atoms with Crippen LogP contribution in [0.4, 0.5) is 0 Å². The summed E-state index contributed by atoms with van der Waals surface area (Å²) >= 11 is 7.61. The number of carbonyl (C=O) groups is 1. The van der Waals surface area contributed by atoms with Gasteiger partial charge in [0.2, 0.25) is 5.78 Å². The molecule has 0 unspecified atom stereocenters. The van der Waals surface area contributed by atoms with Gasteiger partial charge in [-0.05, 0) is 36.8 Å². The molecule has 0 aliphatic carbocycles. The maximum absolute atomic E-state index is 12.3. The molecule has 0 fully saturated rings. The van der Waals surface area contributed by atoms with Crippen LogP contribution in [-0.2, 0) is 6.42 Å². The quantitative estimate of drug-likeness (QED) is 0.785. The Hall–Kier alpha value is -1.32. The number of aryl methyl sites for hydroxylation is 1. The van der Waals surface area contributed by atoms with E-state index in [1.165, 1.54) is 16.2 Å². The Kier molecular flexibility index (Phi) is 4.04. The maximum atomic E-state index is 12.3. The van der Waals surface area contributed by atoms with Gasteiger partial charge in [0.15, 0.2) is 0 Å². The first-order valence-corrected chi connectivity index (χ1v) is 6.82. The summed E-state index contributed by atoms with van der Waals surface area (Å²) in [5.41, 5.74) is 0.516. The highest BCUT2D eigenvalue weighted by Gasteiger charge is 2.15. The second kappa shape index (κ2) is 5.55. The Morgan fingerprint density at radius 3 is 2.67 bits per heavy atom. The van der Waals surface area contributed by atoms with E-state index in [1.807, 2.05) is 12.1 Å². The molecular formula is C14H13ClO2S. The van der Waals surface area contributed by atoms with Gasteiger partial charge in [0.1, 0.15) is 5.75 Å². The first-order chi connectivity index (χ1) is 8.65. The summed E-state index contributed by atoms with van der Waals surface area (Å²) in [6.07, 6.45) is 0.939. The Morgan fingerprint density at radius 2 is 2.11 bits per heavy atom. The van der Waals surface area contributed by atoms with E-state index in [0.717, 1.165) is 11.3 Å². The molecule has 0 aliphatic rings. The topological polar surface area (TPSA) is 26.3 Å². The van der Waals surface area contributed by atoms with E-state index in [2.05, 4.69) is 6.92 Å². The number of ketones is 1. The number of hydrogen-bond donors (Lipinski definition) is 0. The molecule has 0 N–H and O–H groups in total. The van der Waals surface area contributed by atoms with E-state index >= 15 is 0 Å². The second-order valence-corrected chi connectivity index (χ2v) is 5.37. The average Bonchev–Trinajstić information content (AvgIpc) is 2.86. The van der Waals surface area contributed by atoms with Gasteiger partial charge in [0.25, 0.3) is 0 Å². The normalized spacial score (nSPS) is 10.4. The lowest BCUT2D eigenvalue weighted by Crippen LogP contribution is -1.99. The van der Waals surface area contributed by atoms with Crippen LogP contribution in [0.5, 0.6) is 5.75 Å². The molecule has 18 heavy (non-hydrogen) atoms. The van der Waals surface area contributed by atoms with Gasteiger partial charge in [-0.15, -0.1) is 11.3 Å². The molecule has 1 aromatic heterocycles. The molecule has 2 aromatic rings. The smallest absolute Gasteiger partial charge is 0.204 e. The lowest BCUT2D eigenvalue weighted by molar-refractivity contribution is 0.104. The van der Waals surface area contributed by atoms with Crippen LogP contribution in [0.25, 0.3) is 0 Å². The van der Waals surface area contributed by atoms with E-state index < -0.39 is 0 Å². The molecule has 0 spiro atoms. The zero-order valence-electron chi connectivity index (χ0n) is 10.2. The lowest BCUT2D eigenvalue weighted by Gasteiger charge is -2.04. The fourth-order valence-corrected chi connectivity index (χ4v) is 2.79. The Labute approximate surface area is 115 Å². The lowest BCUT2D eigenvalue weighted by atomic mass is 10.1.